The van der Waals surface area contributed by atoms with Crippen molar-refractivity contribution in [3.8, 4) is 0 Å². The number of methoxy groups -OCH3 is 1. The first kappa shape index (κ1) is 14.8. The minimum absolute atomic E-state index is 0.722. The molecule has 0 spiro atoms. The predicted octanol–water partition coefficient (Wildman–Crippen LogP) is 0.571. The van der Waals surface area contributed by atoms with Gasteiger partial charge in [0, 0.05) is 6.08 Å². The van der Waals surface area contributed by atoms with Gasteiger partial charge in [-0.15, -0.1) is 0 Å². The van der Waals surface area contributed by atoms with Gasteiger partial charge in [0.2, 0.25) is 0 Å². The van der Waals surface area contributed by atoms with Crippen LogP contribution in [0.2, 0.25) is 0 Å². The lowest BCUT2D eigenvalue weighted by Gasteiger charge is -2.17. The van der Waals surface area contributed by atoms with Crippen molar-refractivity contribution < 1.29 is 38.9 Å². The molecule has 94 valence electrons. The third-order valence-corrected chi connectivity index (χ3v) is 4.80. The van der Waals surface area contributed by atoms with Crippen LogP contribution >= 0.6 is 0 Å². The van der Waals surface area contributed by atoms with E-state index in [1.54, 1.807) is 0 Å². The number of carboxylic acid groups (broad SMARTS) is 2. The predicted molar refractivity (Wildman–Crippen MR) is 55.4 cm³/mol. The van der Waals surface area contributed by atoms with Crippen molar-refractivity contribution in [3.05, 3.63) is 12.7 Å². The molecule has 0 amide bonds. The molecule has 0 aromatic rings. The molecule has 0 radical (unpaired) electrons. The molecule has 0 aromatic heterocycles. The highest BCUT2D eigenvalue weighted by Crippen LogP contribution is 2.11. The normalized spacial score (nSPS) is 10.2. The van der Waals surface area contributed by atoms with Crippen molar-refractivity contribution in [1.82, 2.24) is 0 Å². The highest BCUT2D eigenvalue weighted by molar-refractivity contribution is 7.38. The van der Waals surface area contributed by atoms with Gasteiger partial charge in [-0.25, -0.2) is 4.79 Å². The molecule has 0 atom stereocenters. The van der Waals surface area contributed by atoms with Gasteiger partial charge in [0.05, 0.1) is 7.11 Å². The van der Waals surface area contributed by atoms with Gasteiger partial charge < -0.3 is 19.7 Å². The third-order valence-electron chi connectivity index (χ3n) is 1.86. The SMILES string of the molecule is C=CC(=O)OC[Si](C(=O)O)(C(=O)O)C(=O)OC. The number of carbonyl (C=O) groups excluding carboxylic acids is 2. The minimum atomic E-state index is -4.65. The summed E-state index contributed by atoms with van der Waals surface area (Å²) in [5, 5.41) is 17.7. The highest BCUT2D eigenvalue weighted by Gasteiger charge is 2.62. The lowest BCUT2D eigenvalue weighted by Crippen LogP contribution is -2.62. The van der Waals surface area contributed by atoms with E-state index >= 15 is 0 Å². The average molecular weight is 262 g/mol. The molecule has 0 rings (SSSR count). The summed E-state index contributed by atoms with van der Waals surface area (Å²) in [5.74, 6) is -1.02. The number of carbonyl (C=O) groups is 4. The molecule has 0 aliphatic heterocycles. The molecule has 0 bridgehead atoms. The summed E-state index contributed by atoms with van der Waals surface area (Å²) < 4.78 is 8.49. The van der Waals surface area contributed by atoms with Crippen molar-refractivity contribution in [1.29, 1.82) is 0 Å². The zero-order valence-corrected chi connectivity index (χ0v) is 9.84. The Morgan fingerprint density at radius 1 is 1.24 bits per heavy atom. The lowest BCUT2D eigenvalue weighted by atomic mass is 10.7. The van der Waals surface area contributed by atoms with E-state index in [2.05, 4.69) is 16.1 Å². The fourth-order valence-electron chi connectivity index (χ4n) is 0.861. The Kier molecular flexibility index (Phi) is 5.06. The highest BCUT2D eigenvalue weighted by atomic mass is 28.3. The van der Waals surface area contributed by atoms with E-state index in [1.807, 2.05) is 0 Å². The Morgan fingerprint density at radius 3 is 2.00 bits per heavy atom. The van der Waals surface area contributed by atoms with Gasteiger partial charge in [0.15, 0.2) is 0 Å². The fraction of sp³-hybridized carbons (Fsp3) is 0.250. The van der Waals surface area contributed by atoms with E-state index < -0.39 is 37.1 Å². The summed E-state index contributed by atoms with van der Waals surface area (Å²) in [6, 6.07) is 0. The molecule has 9 heteroatoms. The standard InChI is InChI=1S/C8H10O8Si/c1-3-5(9)16-4-17(6(10)11,7(12)13)8(14)15-2/h3H,1,4H2,2H3,(H,10,11)(H,12,13). The van der Waals surface area contributed by atoms with Crippen molar-refractivity contribution in [2.45, 2.75) is 0 Å². The molecule has 0 saturated carbocycles. The second-order valence-corrected chi connectivity index (χ2v) is 6.18. The molecule has 2 N–H and O–H groups in total. The largest absolute Gasteiger partial charge is 0.484 e. The van der Waals surface area contributed by atoms with Gasteiger partial charge in [0.1, 0.15) is 6.23 Å². The number of rotatable bonds is 6. The maximum atomic E-state index is 11.3. The van der Waals surface area contributed by atoms with Crippen molar-refractivity contribution in [3.63, 3.8) is 0 Å². The maximum Gasteiger partial charge on any atom is 0.468 e. The van der Waals surface area contributed by atoms with Gasteiger partial charge in [-0.1, -0.05) is 6.58 Å². The molecule has 0 saturated heterocycles. The first-order valence-electron chi connectivity index (χ1n) is 4.17. The van der Waals surface area contributed by atoms with Crippen LogP contribution < -0.4 is 0 Å². The Labute approximate surface area is 96.4 Å². The first-order valence-corrected chi connectivity index (χ1v) is 6.38. The van der Waals surface area contributed by atoms with Crippen LogP contribution in [0.25, 0.3) is 0 Å². The van der Waals surface area contributed by atoms with E-state index in [4.69, 9.17) is 10.2 Å². The van der Waals surface area contributed by atoms with Crippen LogP contribution in [0.4, 0.5) is 14.4 Å². The topological polar surface area (TPSA) is 127 Å². The molecule has 0 fully saturated rings. The minimum Gasteiger partial charge on any atom is -0.484 e. The quantitative estimate of drug-likeness (QED) is 0.404. The van der Waals surface area contributed by atoms with Gasteiger partial charge >= 0.3 is 30.8 Å². The molecule has 17 heavy (non-hydrogen) atoms. The summed E-state index contributed by atoms with van der Waals surface area (Å²) in [6.07, 6.45) is -0.324. The van der Waals surface area contributed by atoms with Crippen LogP contribution in [0.3, 0.4) is 0 Å². The van der Waals surface area contributed by atoms with Crippen LogP contribution in [0.1, 0.15) is 0 Å². The van der Waals surface area contributed by atoms with Crippen LogP contribution in [-0.4, -0.2) is 54.4 Å². The van der Waals surface area contributed by atoms with Gasteiger partial charge in [0.25, 0.3) is 0 Å². The van der Waals surface area contributed by atoms with Gasteiger partial charge in [-0.2, -0.15) is 0 Å². The average Bonchev–Trinajstić information content (AvgIpc) is 2.27. The molecular weight excluding hydrogens is 252 g/mol. The van der Waals surface area contributed by atoms with Crippen molar-refractivity contribution in [2.24, 2.45) is 0 Å². The smallest absolute Gasteiger partial charge is 0.468 e. The Bertz CT molecular complexity index is 360. The van der Waals surface area contributed by atoms with E-state index in [9.17, 15) is 19.2 Å². The fourth-order valence-corrected chi connectivity index (χ4v) is 2.47. The van der Waals surface area contributed by atoms with Crippen molar-refractivity contribution >= 4 is 30.8 Å². The van der Waals surface area contributed by atoms with Crippen LogP contribution in [0.15, 0.2) is 12.7 Å². The summed E-state index contributed by atoms with van der Waals surface area (Å²) in [4.78, 5) is 43.9. The van der Waals surface area contributed by atoms with Crippen LogP contribution in [-0.2, 0) is 14.3 Å². The second-order valence-electron chi connectivity index (χ2n) is 2.82. The summed E-state index contributed by atoms with van der Waals surface area (Å²) in [6.45, 7) is 3.05. The van der Waals surface area contributed by atoms with Crippen LogP contribution in [0, 0.1) is 0 Å². The third kappa shape index (κ3) is 2.90. The number of hydrogen-bond donors (Lipinski definition) is 2. The van der Waals surface area contributed by atoms with Crippen LogP contribution in [0.5, 0.6) is 0 Å². The Balaban J connectivity index is 5.27. The number of esters is 1. The molecule has 0 aliphatic rings. The Morgan fingerprint density at radius 2 is 1.71 bits per heavy atom. The number of ether oxygens (including phenoxy) is 2. The summed E-state index contributed by atoms with van der Waals surface area (Å²) >= 11 is 0. The maximum absolute atomic E-state index is 11.3. The molecular formula is C8H10O8Si. The van der Waals surface area contributed by atoms with E-state index in [-0.39, 0.29) is 0 Å². The van der Waals surface area contributed by atoms with E-state index in [1.165, 1.54) is 0 Å². The van der Waals surface area contributed by atoms with E-state index in [0.29, 0.717) is 0 Å². The molecule has 0 unspecified atom stereocenters. The first-order chi connectivity index (χ1) is 7.82. The molecule has 0 heterocycles. The summed E-state index contributed by atoms with van der Waals surface area (Å²) in [7, 11) is -3.80. The molecule has 8 nitrogen and oxygen atoms in total. The lowest BCUT2D eigenvalue weighted by molar-refractivity contribution is -0.135. The monoisotopic (exact) mass is 262 g/mol. The zero-order chi connectivity index (χ0) is 13.6. The van der Waals surface area contributed by atoms with E-state index in [0.717, 1.165) is 13.2 Å². The second kappa shape index (κ2) is 5.79. The number of hydrogen-bond acceptors (Lipinski definition) is 6. The van der Waals surface area contributed by atoms with Crippen molar-refractivity contribution in [2.75, 3.05) is 13.3 Å². The van der Waals surface area contributed by atoms with Gasteiger partial charge in [-0.3, -0.25) is 14.4 Å². The molecule has 0 aromatic carbocycles. The van der Waals surface area contributed by atoms with Gasteiger partial charge in [-0.05, 0) is 0 Å². The Hall–Kier alpha value is -2.16. The summed E-state index contributed by atoms with van der Waals surface area (Å²) in [5.41, 5.74) is -5.11. The zero-order valence-electron chi connectivity index (χ0n) is 8.84. The molecule has 0 aliphatic carbocycles.